The van der Waals surface area contributed by atoms with E-state index in [0.29, 0.717) is 5.92 Å². The van der Waals surface area contributed by atoms with Crippen molar-refractivity contribution in [3.8, 4) is 22.3 Å². The predicted octanol–water partition coefficient (Wildman–Crippen LogP) is 14.2. The fourth-order valence-corrected chi connectivity index (χ4v) is 8.30. The van der Waals surface area contributed by atoms with Gasteiger partial charge >= 0.3 is 0 Å². The zero-order valence-electron chi connectivity index (χ0n) is 29.9. The summed E-state index contributed by atoms with van der Waals surface area (Å²) in [5.74, 6) is 0.402. The SMILES string of the molecule is C1=CCC(c2ccc(N(c3ccc(-c4ccccc4)cc3)c3ccc4c(c3)Cc3cc(N(c5ccccc5)c5cccc6ccccc56)ccc3-4)cc2)C=1. The van der Waals surface area contributed by atoms with E-state index in [0.717, 1.165) is 41.3 Å². The summed E-state index contributed by atoms with van der Waals surface area (Å²) < 4.78 is 0. The Balaban J connectivity index is 1.02. The van der Waals surface area contributed by atoms with Gasteiger partial charge in [0.15, 0.2) is 0 Å². The molecule has 0 radical (unpaired) electrons. The van der Waals surface area contributed by atoms with Crippen LogP contribution >= 0.6 is 0 Å². The quantitative estimate of drug-likeness (QED) is 0.146. The Morgan fingerprint density at radius 1 is 0.444 bits per heavy atom. The topological polar surface area (TPSA) is 6.48 Å². The number of nitrogens with zero attached hydrogens (tertiary/aromatic N) is 2. The molecule has 2 heteroatoms. The summed E-state index contributed by atoms with van der Waals surface area (Å²) in [6.45, 7) is 0. The number of allylic oxidation sites excluding steroid dienone is 1. The molecule has 0 aromatic heterocycles. The fraction of sp³-hybridized carbons (Fsp3) is 0.0577. The van der Waals surface area contributed by atoms with Crippen LogP contribution in [0.25, 0.3) is 33.0 Å². The van der Waals surface area contributed by atoms with Crippen molar-refractivity contribution in [1.82, 2.24) is 0 Å². The summed E-state index contributed by atoms with van der Waals surface area (Å²) in [5.41, 5.74) is 19.3. The first-order valence-electron chi connectivity index (χ1n) is 18.8. The summed E-state index contributed by atoms with van der Waals surface area (Å²) >= 11 is 0. The maximum absolute atomic E-state index is 3.28. The van der Waals surface area contributed by atoms with Crippen LogP contribution in [-0.4, -0.2) is 0 Å². The smallest absolute Gasteiger partial charge is 0.0540 e. The lowest BCUT2D eigenvalue weighted by Gasteiger charge is -2.27. The Kier molecular flexibility index (Phi) is 8.02. The molecule has 2 aliphatic carbocycles. The van der Waals surface area contributed by atoms with Crippen molar-refractivity contribution in [2.75, 3.05) is 9.80 Å². The van der Waals surface area contributed by atoms with Crippen molar-refractivity contribution in [3.05, 3.63) is 223 Å². The van der Waals surface area contributed by atoms with Crippen LogP contribution in [0.5, 0.6) is 0 Å². The predicted molar refractivity (Wildman–Crippen MR) is 227 cm³/mol. The van der Waals surface area contributed by atoms with Crippen molar-refractivity contribution in [3.63, 3.8) is 0 Å². The molecule has 0 saturated heterocycles. The van der Waals surface area contributed by atoms with Crippen LogP contribution in [0, 0.1) is 0 Å². The number of benzene rings is 8. The molecule has 54 heavy (non-hydrogen) atoms. The Labute approximate surface area is 317 Å². The van der Waals surface area contributed by atoms with E-state index in [2.05, 4.69) is 216 Å². The van der Waals surface area contributed by atoms with E-state index in [4.69, 9.17) is 0 Å². The van der Waals surface area contributed by atoms with Gasteiger partial charge in [-0.1, -0.05) is 121 Å². The highest BCUT2D eigenvalue weighted by molar-refractivity contribution is 5.99. The lowest BCUT2D eigenvalue weighted by atomic mass is 9.98. The normalized spacial score (nSPS) is 13.9. The van der Waals surface area contributed by atoms with Crippen LogP contribution in [-0.2, 0) is 6.42 Å². The molecule has 0 N–H and O–H groups in total. The van der Waals surface area contributed by atoms with E-state index in [1.54, 1.807) is 0 Å². The number of hydrogen-bond acceptors (Lipinski definition) is 2. The summed E-state index contributed by atoms with van der Waals surface area (Å²) in [7, 11) is 0. The van der Waals surface area contributed by atoms with E-state index in [-0.39, 0.29) is 0 Å². The van der Waals surface area contributed by atoms with Gasteiger partial charge in [-0.15, -0.1) is 5.73 Å². The Hall–Kier alpha value is -6.86. The van der Waals surface area contributed by atoms with Gasteiger partial charge in [0.2, 0.25) is 0 Å². The third kappa shape index (κ3) is 5.80. The Morgan fingerprint density at radius 3 is 1.69 bits per heavy atom. The summed E-state index contributed by atoms with van der Waals surface area (Å²) in [6, 6.07) is 68.7. The minimum Gasteiger partial charge on any atom is -0.310 e. The number of para-hydroxylation sites is 1. The molecule has 0 fully saturated rings. The van der Waals surface area contributed by atoms with Gasteiger partial charge < -0.3 is 9.80 Å². The molecule has 8 aromatic rings. The molecule has 1 unspecified atom stereocenters. The zero-order valence-corrected chi connectivity index (χ0v) is 29.9. The Morgan fingerprint density at radius 2 is 1.00 bits per heavy atom. The van der Waals surface area contributed by atoms with Crippen LogP contribution in [0.1, 0.15) is 29.0 Å². The minimum atomic E-state index is 0.402. The highest BCUT2D eigenvalue weighted by atomic mass is 15.1. The molecule has 0 heterocycles. The van der Waals surface area contributed by atoms with Crippen molar-refractivity contribution in [2.45, 2.75) is 18.8 Å². The molecule has 0 aliphatic heterocycles. The lowest BCUT2D eigenvalue weighted by Crippen LogP contribution is -2.10. The lowest BCUT2D eigenvalue weighted by molar-refractivity contribution is 0.888. The van der Waals surface area contributed by atoms with E-state index in [9.17, 15) is 0 Å². The van der Waals surface area contributed by atoms with Crippen LogP contribution in [0.4, 0.5) is 34.1 Å². The second kappa shape index (κ2) is 13.6. The molecule has 10 rings (SSSR count). The van der Waals surface area contributed by atoms with Crippen LogP contribution < -0.4 is 9.80 Å². The molecular formula is C52H38N2. The van der Waals surface area contributed by atoms with Crippen LogP contribution in [0.2, 0.25) is 0 Å². The number of hydrogen-bond donors (Lipinski definition) is 0. The van der Waals surface area contributed by atoms with Crippen molar-refractivity contribution >= 4 is 44.9 Å². The van der Waals surface area contributed by atoms with Crippen LogP contribution in [0.15, 0.2) is 206 Å². The molecule has 0 bridgehead atoms. The molecule has 0 spiro atoms. The largest absolute Gasteiger partial charge is 0.310 e. The number of anilines is 6. The first-order chi connectivity index (χ1) is 26.8. The monoisotopic (exact) mass is 690 g/mol. The molecule has 2 nitrogen and oxygen atoms in total. The molecule has 0 saturated carbocycles. The van der Waals surface area contributed by atoms with Gasteiger partial charge in [0.25, 0.3) is 0 Å². The third-order valence-corrected chi connectivity index (χ3v) is 11.0. The van der Waals surface area contributed by atoms with Gasteiger partial charge in [0.05, 0.1) is 5.69 Å². The zero-order chi connectivity index (χ0) is 35.8. The third-order valence-electron chi connectivity index (χ3n) is 11.0. The van der Waals surface area contributed by atoms with Gasteiger partial charge in [-0.25, -0.2) is 0 Å². The average molecular weight is 691 g/mol. The number of rotatable bonds is 8. The van der Waals surface area contributed by atoms with E-state index >= 15 is 0 Å². The fourth-order valence-electron chi connectivity index (χ4n) is 8.30. The number of fused-ring (bicyclic) bond motifs is 4. The Bertz CT molecular complexity index is 2680. The summed E-state index contributed by atoms with van der Waals surface area (Å²) in [5, 5.41) is 2.47. The molecule has 8 aromatic carbocycles. The van der Waals surface area contributed by atoms with Gasteiger partial charge in [0.1, 0.15) is 0 Å². The van der Waals surface area contributed by atoms with E-state index in [1.165, 1.54) is 55.4 Å². The standard InChI is InChI=1S/C52H38N2/c1-3-12-37(13-4-1)39-22-26-45(27-23-39)53(46-28-24-40(25-29-46)38-14-7-8-15-38)47-30-32-49-42(35-47)34-43-36-48(31-33-50(43)49)54(44-18-5-2-6-19-44)52-21-11-17-41-16-9-10-20-51(41)52/h1-7,9-13,15-33,35-36,38H,14,34H2. The summed E-state index contributed by atoms with van der Waals surface area (Å²) in [6.07, 6.45) is 6.21. The molecule has 1 atom stereocenters. The van der Waals surface area contributed by atoms with Crippen LogP contribution in [0.3, 0.4) is 0 Å². The van der Waals surface area contributed by atoms with Gasteiger partial charge in [0, 0.05) is 39.7 Å². The minimum absolute atomic E-state index is 0.402. The average Bonchev–Trinajstić information content (AvgIpc) is 3.91. The maximum atomic E-state index is 3.28. The molecular weight excluding hydrogens is 653 g/mol. The van der Waals surface area contributed by atoms with Crippen molar-refractivity contribution < 1.29 is 0 Å². The van der Waals surface area contributed by atoms with Gasteiger partial charge in [-0.2, -0.15) is 0 Å². The summed E-state index contributed by atoms with van der Waals surface area (Å²) in [4.78, 5) is 4.80. The highest BCUT2D eigenvalue weighted by Crippen LogP contribution is 2.46. The maximum Gasteiger partial charge on any atom is 0.0540 e. The van der Waals surface area contributed by atoms with Gasteiger partial charge in [-0.3, -0.25) is 0 Å². The van der Waals surface area contributed by atoms with Crippen molar-refractivity contribution in [1.29, 1.82) is 0 Å². The second-order valence-electron chi connectivity index (χ2n) is 14.2. The molecule has 0 amide bonds. The van der Waals surface area contributed by atoms with Gasteiger partial charge in [-0.05, 0) is 136 Å². The molecule has 2 aliphatic rings. The van der Waals surface area contributed by atoms with E-state index in [1.807, 2.05) is 0 Å². The second-order valence-corrected chi connectivity index (χ2v) is 14.2. The van der Waals surface area contributed by atoms with E-state index < -0.39 is 0 Å². The first kappa shape index (κ1) is 31.8. The first-order valence-corrected chi connectivity index (χ1v) is 18.8. The molecule has 256 valence electrons. The highest BCUT2D eigenvalue weighted by Gasteiger charge is 2.24. The van der Waals surface area contributed by atoms with Crippen molar-refractivity contribution in [2.24, 2.45) is 0 Å².